The number of anilines is 1. The van der Waals surface area contributed by atoms with Crippen molar-refractivity contribution in [3.63, 3.8) is 0 Å². The lowest BCUT2D eigenvalue weighted by molar-refractivity contribution is 0.164. The van der Waals surface area contributed by atoms with Crippen molar-refractivity contribution in [3.8, 4) is 0 Å². The van der Waals surface area contributed by atoms with E-state index in [1.54, 1.807) is 24.3 Å². The van der Waals surface area contributed by atoms with Gasteiger partial charge in [-0.05, 0) is 25.0 Å². The average molecular weight is 255 g/mol. The lowest BCUT2D eigenvalue weighted by Gasteiger charge is -2.21. The molecule has 1 aliphatic rings. The predicted molar refractivity (Wildman–Crippen MR) is 66.9 cm³/mol. The van der Waals surface area contributed by atoms with Gasteiger partial charge in [0.05, 0.1) is 11.8 Å². The molecule has 0 aliphatic heterocycles. The van der Waals surface area contributed by atoms with Gasteiger partial charge >= 0.3 is 10.3 Å². The quantitative estimate of drug-likeness (QED) is 0.900. The first-order valence-electron chi connectivity index (χ1n) is 5.92. The molecule has 0 amide bonds. The predicted octanol–water partition coefficient (Wildman–Crippen LogP) is 2.69. The second kappa shape index (κ2) is 5.51. The van der Waals surface area contributed by atoms with Crippen molar-refractivity contribution in [1.82, 2.24) is 0 Å². The van der Waals surface area contributed by atoms with Crippen molar-refractivity contribution in [2.75, 3.05) is 4.72 Å². The maximum atomic E-state index is 11.7. The first-order chi connectivity index (χ1) is 8.16. The highest BCUT2D eigenvalue weighted by molar-refractivity contribution is 7.88. The summed E-state index contributed by atoms with van der Waals surface area (Å²) >= 11 is 0. The third-order valence-electron chi connectivity index (χ3n) is 2.83. The van der Waals surface area contributed by atoms with Gasteiger partial charge in [0.15, 0.2) is 0 Å². The van der Waals surface area contributed by atoms with E-state index in [0.29, 0.717) is 5.69 Å². The number of hydrogen-bond donors (Lipinski definition) is 1. The van der Waals surface area contributed by atoms with Crippen LogP contribution in [0.2, 0.25) is 0 Å². The van der Waals surface area contributed by atoms with E-state index in [9.17, 15) is 8.42 Å². The summed E-state index contributed by atoms with van der Waals surface area (Å²) in [4.78, 5) is 0. The van der Waals surface area contributed by atoms with Gasteiger partial charge in [0.1, 0.15) is 0 Å². The second-order valence-electron chi connectivity index (χ2n) is 4.28. The number of para-hydroxylation sites is 1. The minimum Gasteiger partial charge on any atom is -0.261 e. The van der Waals surface area contributed by atoms with Gasteiger partial charge in [0, 0.05) is 0 Å². The molecule has 1 fully saturated rings. The third kappa shape index (κ3) is 4.02. The molecule has 1 N–H and O–H groups in total. The Kier molecular flexibility index (Phi) is 4.02. The number of benzene rings is 1. The van der Waals surface area contributed by atoms with Crippen molar-refractivity contribution in [1.29, 1.82) is 0 Å². The van der Waals surface area contributed by atoms with Gasteiger partial charge in [0.25, 0.3) is 0 Å². The van der Waals surface area contributed by atoms with Crippen molar-refractivity contribution >= 4 is 16.0 Å². The van der Waals surface area contributed by atoms with Crippen LogP contribution in [0.1, 0.15) is 32.1 Å². The minimum atomic E-state index is -3.68. The van der Waals surface area contributed by atoms with Crippen molar-refractivity contribution in [2.45, 2.75) is 38.2 Å². The molecule has 2 rings (SSSR count). The topological polar surface area (TPSA) is 55.4 Å². The van der Waals surface area contributed by atoms with Gasteiger partial charge in [-0.25, -0.2) is 0 Å². The van der Waals surface area contributed by atoms with Crippen molar-refractivity contribution < 1.29 is 12.6 Å². The van der Waals surface area contributed by atoms with Gasteiger partial charge in [0.2, 0.25) is 0 Å². The molecule has 5 heteroatoms. The summed E-state index contributed by atoms with van der Waals surface area (Å²) in [5.41, 5.74) is 0.531. The Hall–Kier alpha value is -1.07. The minimum absolute atomic E-state index is 0.162. The zero-order valence-electron chi connectivity index (χ0n) is 9.63. The van der Waals surface area contributed by atoms with Crippen LogP contribution in [-0.2, 0) is 14.5 Å². The van der Waals surface area contributed by atoms with Crippen LogP contribution in [0.15, 0.2) is 30.3 Å². The fraction of sp³-hybridized carbons (Fsp3) is 0.500. The summed E-state index contributed by atoms with van der Waals surface area (Å²) in [7, 11) is -3.68. The summed E-state index contributed by atoms with van der Waals surface area (Å²) in [5.74, 6) is 0. The first-order valence-corrected chi connectivity index (χ1v) is 7.33. The SMILES string of the molecule is O=S(=O)(Nc1ccccc1)OC1CCCCC1. The summed E-state index contributed by atoms with van der Waals surface area (Å²) < 4.78 is 31.0. The van der Waals surface area contributed by atoms with E-state index in [2.05, 4.69) is 4.72 Å². The average Bonchev–Trinajstić information content (AvgIpc) is 2.30. The third-order valence-corrected chi connectivity index (χ3v) is 3.84. The summed E-state index contributed by atoms with van der Waals surface area (Å²) in [6.07, 6.45) is 4.76. The maximum absolute atomic E-state index is 11.7. The molecule has 17 heavy (non-hydrogen) atoms. The Morgan fingerprint density at radius 2 is 1.71 bits per heavy atom. The lowest BCUT2D eigenvalue weighted by Crippen LogP contribution is -2.25. The van der Waals surface area contributed by atoms with Crippen LogP contribution in [0.4, 0.5) is 5.69 Å². The number of rotatable bonds is 4. The van der Waals surface area contributed by atoms with Gasteiger partial charge in [-0.1, -0.05) is 37.5 Å². The van der Waals surface area contributed by atoms with E-state index < -0.39 is 10.3 Å². The Morgan fingerprint density at radius 3 is 2.35 bits per heavy atom. The van der Waals surface area contributed by atoms with E-state index in [4.69, 9.17) is 4.18 Å². The molecular weight excluding hydrogens is 238 g/mol. The molecule has 94 valence electrons. The van der Waals surface area contributed by atoms with Crippen LogP contribution in [-0.4, -0.2) is 14.5 Å². The smallest absolute Gasteiger partial charge is 0.261 e. The fourth-order valence-electron chi connectivity index (χ4n) is 2.02. The molecule has 0 bridgehead atoms. The second-order valence-corrected chi connectivity index (χ2v) is 5.58. The molecular formula is C12H17NO3S. The Morgan fingerprint density at radius 1 is 1.06 bits per heavy atom. The Balaban J connectivity index is 1.94. The van der Waals surface area contributed by atoms with Crippen LogP contribution in [0.5, 0.6) is 0 Å². The standard InChI is InChI=1S/C12H17NO3S/c14-17(15,13-11-7-3-1-4-8-11)16-12-9-5-2-6-10-12/h1,3-4,7-8,12-13H,2,5-6,9-10H2. The molecule has 4 nitrogen and oxygen atoms in total. The van der Waals surface area contributed by atoms with E-state index in [1.807, 2.05) is 6.07 Å². The highest BCUT2D eigenvalue weighted by Gasteiger charge is 2.21. The summed E-state index contributed by atoms with van der Waals surface area (Å²) in [6, 6.07) is 8.78. The normalized spacial score (nSPS) is 17.9. The van der Waals surface area contributed by atoms with E-state index in [1.165, 1.54) is 6.42 Å². The zero-order chi connectivity index (χ0) is 12.1. The molecule has 0 heterocycles. The van der Waals surface area contributed by atoms with Crippen molar-refractivity contribution in [3.05, 3.63) is 30.3 Å². The van der Waals surface area contributed by atoms with E-state index >= 15 is 0 Å². The van der Waals surface area contributed by atoms with Crippen LogP contribution >= 0.6 is 0 Å². The summed E-state index contributed by atoms with van der Waals surface area (Å²) in [6.45, 7) is 0. The largest absolute Gasteiger partial charge is 0.360 e. The highest BCUT2D eigenvalue weighted by Crippen LogP contribution is 2.22. The van der Waals surface area contributed by atoms with Crippen LogP contribution in [0.25, 0.3) is 0 Å². The molecule has 0 unspecified atom stereocenters. The molecule has 0 saturated heterocycles. The van der Waals surface area contributed by atoms with Gasteiger partial charge in [-0.2, -0.15) is 8.42 Å². The van der Waals surface area contributed by atoms with Crippen molar-refractivity contribution in [2.24, 2.45) is 0 Å². The molecule has 0 atom stereocenters. The van der Waals surface area contributed by atoms with Gasteiger partial charge < -0.3 is 0 Å². The molecule has 1 aliphatic carbocycles. The van der Waals surface area contributed by atoms with Crippen LogP contribution < -0.4 is 4.72 Å². The Labute approximate surface area is 102 Å². The monoisotopic (exact) mass is 255 g/mol. The Bertz CT molecular complexity index is 438. The molecule has 1 saturated carbocycles. The van der Waals surface area contributed by atoms with Crippen LogP contribution in [0, 0.1) is 0 Å². The molecule has 0 radical (unpaired) electrons. The maximum Gasteiger partial charge on any atom is 0.360 e. The van der Waals surface area contributed by atoms with Crippen LogP contribution in [0.3, 0.4) is 0 Å². The molecule has 0 spiro atoms. The number of nitrogens with one attached hydrogen (secondary N) is 1. The van der Waals surface area contributed by atoms with E-state index in [0.717, 1.165) is 25.7 Å². The fourth-order valence-corrected chi connectivity index (χ4v) is 3.04. The lowest BCUT2D eigenvalue weighted by atomic mass is 9.98. The number of hydrogen-bond acceptors (Lipinski definition) is 3. The first kappa shape index (κ1) is 12.4. The molecule has 1 aromatic carbocycles. The molecule has 0 aromatic heterocycles. The summed E-state index contributed by atoms with van der Waals surface area (Å²) in [5, 5.41) is 0. The zero-order valence-corrected chi connectivity index (χ0v) is 10.4. The highest BCUT2D eigenvalue weighted by atomic mass is 32.2. The van der Waals surface area contributed by atoms with E-state index in [-0.39, 0.29) is 6.10 Å². The van der Waals surface area contributed by atoms with Gasteiger partial charge in [-0.3, -0.25) is 8.91 Å². The molecule has 1 aromatic rings. The van der Waals surface area contributed by atoms with Gasteiger partial charge in [-0.15, -0.1) is 0 Å².